The topological polar surface area (TPSA) is 94.2 Å². The van der Waals surface area contributed by atoms with Crippen molar-refractivity contribution in [2.24, 2.45) is 0 Å². The SMILES string of the molecule is CS(=O)(=O)CCNCCCn1c(=O)oc2cc(-c3ccc(C(F)(F)F)cn3)ccc21. The third-order valence-corrected chi connectivity index (χ3v) is 5.39. The van der Waals surface area contributed by atoms with Crippen LogP contribution in [0, 0.1) is 0 Å². The van der Waals surface area contributed by atoms with Gasteiger partial charge in [0, 0.05) is 31.1 Å². The average Bonchev–Trinajstić information content (AvgIpc) is 2.97. The molecular weight excluding hydrogens is 423 g/mol. The summed E-state index contributed by atoms with van der Waals surface area (Å²) in [7, 11) is -3.02. The molecule has 0 saturated heterocycles. The highest BCUT2D eigenvalue weighted by molar-refractivity contribution is 7.90. The Bertz CT molecular complexity index is 1180. The maximum Gasteiger partial charge on any atom is 0.419 e. The van der Waals surface area contributed by atoms with Crippen LogP contribution in [0.3, 0.4) is 0 Å². The maximum absolute atomic E-state index is 12.7. The van der Waals surface area contributed by atoms with Gasteiger partial charge in [0.1, 0.15) is 9.84 Å². The first kappa shape index (κ1) is 22.0. The molecule has 3 rings (SSSR count). The van der Waals surface area contributed by atoms with E-state index in [2.05, 4.69) is 10.3 Å². The van der Waals surface area contributed by atoms with Gasteiger partial charge in [-0.1, -0.05) is 6.07 Å². The fraction of sp³-hybridized carbons (Fsp3) is 0.368. The van der Waals surface area contributed by atoms with Crippen LogP contribution in [0.1, 0.15) is 12.0 Å². The van der Waals surface area contributed by atoms with Gasteiger partial charge in [0.15, 0.2) is 5.58 Å². The van der Waals surface area contributed by atoms with Crippen LogP contribution in [0.5, 0.6) is 0 Å². The minimum Gasteiger partial charge on any atom is -0.408 e. The summed E-state index contributed by atoms with van der Waals surface area (Å²) in [6.45, 7) is 1.24. The zero-order valence-electron chi connectivity index (χ0n) is 16.1. The van der Waals surface area contributed by atoms with E-state index in [-0.39, 0.29) is 5.75 Å². The van der Waals surface area contributed by atoms with Gasteiger partial charge in [0.2, 0.25) is 0 Å². The fourth-order valence-electron chi connectivity index (χ4n) is 2.91. The highest BCUT2D eigenvalue weighted by Crippen LogP contribution is 2.30. The second kappa shape index (κ2) is 8.60. The normalized spacial score (nSPS) is 12.5. The van der Waals surface area contributed by atoms with Gasteiger partial charge in [0.25, 0.3) is 0 Å². The van der Waals surface area contributed by atoms with E-state index in [0.29, 0.717) is 48.4 Å². The lowest BCUT2D eigenvalue weighted by Crippen LogP contribution is -2.25. The van der Waals surface area contributed by atoms with Gasteiger partial charge in [-0.15, -0.1) is 0 Å². The quantitative estimate of drug-likeness (QED) is 0.538. The summed E-state index contributed by atoms with van der Waals surface area (Å²) in [6, 6.07) is 7.10. The van der Waals surface area contributed by atoms with Crippen LogP contribution in [0.25, 0.3) is 22.4 Å². The Labute approximate surface area is 170 Å². The van der Waals surface area contributed by atoms with Crippen LogP contribution in [0.15, 0.2) is 45.7 Å². The van der Waals surface area contributed by atoms with Crippen LogP contribution < -0.4 is 11.1 Å². The van der Waals surface area contributed by atoms with Crippen LogP contribution in [-0.4, -0.2) is 43.1 Å². The number of aromatic nitrogens is 2. The fourth-order valence-corrected chi connectivity index (χ4v) is 3.43. The molecule has 0 radical (unpaired) electrons. The van der Waals surface area contributed by atoms with Gasteiger partial charge in [-0.05, 0) is 37.2 Å². The predicted molar refractivity (Wildman–Crippen MR) is 106 cm³/mol. The number of alkyl halides is 3. The van der Waals surface area contributed by atoms with Crippen molar-refractivity contribution in [2.45, 2.75) is 19.1 Å². The summed E-state index contributed by atoms with van der Waals surface area (Å²) in [4.78, 5) is 16.0. The molecule has 0 aliphatic carbocycles. The van der Waals surface area contributed by atoms with Gasteiger partial charge in [-0.3, -0.25) is 9.55 Å². The highest BCUT2D eigenvalue weighted by Gasteiger charge is 2.30. The lowest BCUT2D eigenvalue weighted by Gasteiger charge is -2.07. The molecule has 0 bridgehead atoms. The summed E-state index contributed by atoms with van der Waals surface area (Å²) < 4.78 is 66.9. The van der Waals surface area contributed by atoms with Crippen molar-refractivity contribution in [1.82, 2.24) is 14.9 Å². The Morgan fingerprint density at radius 2 is 1.93 bits per heavy atom. The van der Waals surface area contributed by atoms with Gasteiger partial charge in [-0.25, -0.2) is 13.2 Å². The number of pyridine rings is 1. The molecule has 0 aliphatic heterocycles. The van der Waals surface area contributed by atoms with Crippen molar-refractivity contribution < 1.29 is 26.0 Å². The Hall–Kier alpha value is -2.66. The molecule has 0 amide bonds. The monoisotopic (exact) mass is 443 g/mol. The van der Waals surface area contributed by atoms with Crippen LogP contribution in [0.4, 0.5) is 13.2 Å². The van der Waals surface area contributed by atoms with E-state index >= 15 is 0 Å². The number of nitrogens with one attached hydrogen (secondary N) is 1. The van der Waals surface area contributed by atoms with Crippen molar-refractivity contribution in [3.8, 4) is 11.3 Å². The number of halogens is 3. The largest absolute Gasteiger partial charge is 0.419 e. The number of sulfone groups is 1. The summed E-state index contributed by atoms with van der Waals surface area (Å²) in [5, 5.41) is 3.00. The smallest absolute Gasteiger partial charge is 0.408 e. The van der Waals surface area contributed by atoms with Crippen molar-refractivity contribution in [2.75, 3.05) is 25.1 Å². The van der Waals surface area contributed by atoms with E-state index < -0.39 is 27.3 Å². The molecule has 0 atom stereocenters. The summed E-state index contributed by atoms with van der Waals surface area (Å²) in [5.74, 6) is -0.499. The lowest BCUT2D eigenvalue weighted by atomic mass is 10.1. The Kier molecular flexibility index (Phi) is 6.32. The van der Waals surface area contributed by atoms with Crippen LogP contribution in [-0.2, 0) is 22.6 Å². The molecule has 11 heteroatoms. The Morgan fingerprint density at radius 1 is 1.17 bits per heavy atom. The molecule has 0 fully saturated rings. The number of aryl methyl sites for hydroxylation is 1. The zero-order valence-corrected chi connectivity index (χ0v) is 16.9. The molecule has 2 aromatic heterocycles. The molecule has 1 N–H and O–H groups in total. The minimum atomic E-state index is -4.46. The highest BCUT2D eigenvalue weighted by atomic mass is 32.2. The maximum atomic E-state index is 12.7. The molecule has 2 heterocycles. The summed E-state index contributed by atoms with van der Waals surface area (Å²) in [6.07, 6.45) is -1.95. The lowest BCUT2D eigenvalue weighted by molar-refractivity contribution is -0.137. The predicted octanol–water partition coefficient (Wildman–Crippen LogP) is 2.70. The molecule has 0 spiro atoms. The van der Waals surface area contributed by atoms with Crippen molar-refractivity contribution in [3.05, 3.63) is 52.6 Å². The molecule has 0 unspecified atom stereocenters. The van der Waals surface area contributed by atoms with E-state index in [1.54, 1.807) is 18.2 Å². The second-order valence-electron chi connectivity index (χ2n) is 6.87. The van der Waals surface area contributed by atoms with Gasteiger partial charge < -0.3 is 9.73 Å². The van der Waals surface area contributed by atoms with E-state index in [1.165, 1.54) is 16.9 Å². The second-order valence-corrected chi connectivity index (χ2v) is 9.13. The van der Waals surface area contributed by atoms with Gasteiger partial charge in [-0.2, -0.15) is 13.2 Å². The molecule has 7 nitrogen and oxygen atoms in total. The van der Waals surface area contributed by atoms with Gasteiger partial charge >= 0.3 is 11.9 Å². The van der Waals surface area contributed by atoms with Crippen LogP contribution >= 0.6 is 0 Å². The summed E-state index contributed by atoms with van der Waals surface area (Å²) >= 11 is 0. The van der Waals surface area contributed by atoms with E-state index in [1.807, 2.05) is 0 Å². The number of rotatable bonds is 8. The zero-order chi connectivity index (χ0) is 21.9. The number of oxazole rings is 1. The molecule has 0 aliphatic rings. The Balaban J connectivity index is 1.69. The molecular formula is C19H20F3N3O4S. The van der Waals surface area contributed by atoms with Gasteiger partial charge in [0.05, 0.1) is 22.5 Å². The van der Waals surface area contributed by atoms with E-state index in [0.717, 1.165) is 12.3 Å². The van der Waals surface area contributed by atoms with E-state index in [4.69, 9.17) is 4.42 Å². The number of hydrogen-bond acceptors (Lipinski definition) is 6. The van der Waals surface area contributed by atoms with Crippen molar-refractivity contribution in [1.29, 1.82) is 0 Å². The molecule has 0 saturated carbocycles. The van der Waals surface area contributed by atoms with E-state index in [9.17, 15) is 26.4 Å². The molecule has 1 aromatic carbocycles. The first-order valence-corrected chi connectivity index (χ1v) is 11.2. The average molecular weight is 443 g/mol. The molecule has 30 heavy (non-hydrogen) atoms. The standard InChI is InChI=1S/C19H20F3N3O4S/c1-30(27,28)10-8-23-7-2-9-25-16-6-3-13(11-17(16)29-18(25)26)15-5-4-14(12-24-15)19(20,21)22/h3-6,11-12,23H,2,7-10H2,1H3. The first-order valence-electron chi connectivity index (χ1n) is 9.10. The van der Waals surface area contributed by atoms with Crippen molar-refractivity contribution in [3.63, 3.8) is 0 Å². The number of nitrogens with zero attached hydrogens (tertiary/aromatic N) is 2. The third kappa shape index (κ3) is 5.48. The third-order valence-electron chi connectivity index (χ3n) is 4.44. The number of benzene rings is 1. The first-order chi connectivity index (χ1) is 14.0. The molecule has 3 aromatic rings. The van der Waals surface area contributed by atoms with Crippen LogP contribution in [0.2, 0.25) is 0 Å². The summed E-state index contributed by atoms with van der Waals surface area (Å²) in [5.41, 5.74) is 0.890. The minimum absolute atomic E-state index is 0.0440. The number of hydrogen-bond donors (Lipinski definition) is 1. The van der Waals surface area contributed by atoms with Crippen molar-refractivity contribution >= 4 is 20.9 Å². The Morgan fingerprint density at radius 3 is 2.57 bits per heavy atom. The number of fused-ring (bicyclic) bond motifs is 1. The molecule has 162 valence electrons.